The Hall–Kier alpha value is -2.37. The molecule has 27 heavy (non-hydrogen) atoms. The molecule has 0 saturated heterocycles. The third kappa shape index (κ3) is 4.15. The first kappa shape index (κ1) is 18.0. The zero-order valence-electron chi connectivity index (χ0n) is 15.6. The number of amides is 2. The second-order valence-corrected chi connectivity index (χ2v) is 7.48. The number of urea groups is 1. The summed E-state index contributed by atoms with van der Waals surface area (Å²) in [5, 5.41) is 13.3. The highest BCUT2D eigenvalue weighted by Crippen LogP contribution is 2.26. The Labute approximate surface area is 160 Å². The predicted octanol–water partition coefficient (Wildman–Crippen LogP) is 2.57. The van der Waals surface area contributed by atoms with Gasteiger partial charge in [-0.15, -0.1) is 0 Å². The minimum absolute atomic E-state index is 0.120. The van der Waals surface area contributed by atoms with Gasteiger partial charge in [0, 0.05) is 38.4 Å². The van der Waals surface area contributed by atoms with Crippen LogP contribution >= 0.6 is 0 Å². The first-order valence-electron chi connectivity index (χ1n) is 9.81. The van der Waals surface area contributed by atoms with Gasteiger partial charge in [0.25, 0.3) is 0 Å². The van der Waals surface area contributed by atoms with Gasteiger partial charge in [0.2, 0.25) is 0 Å². The summed E-state index contributed by atoms with van der Waals surface area (Å²) in [5.74, 6) is 0. The molecule has 0 aliphatic carbocycles. The van der Waals surface area contributed by atoms with Crippen molar-refractivity contribution in [2.45, 2.75) is 31.9 Å². The predicted molar refractivity (Wildman–Crippen MR) is 107 cm³/mol. The van der Waals surface area contributed by atoms with E-state index in [4.69, 9.17) is 0 Å². The Bertz CT molecular complexity index is 808. The van der Waals surface area contributed by atoms with Crippen LogP contribution in [0.15, 0.2) is 48.5 Å². The van der Waals surface area contributed by atoms with E-state index in [1.807, 2.05) is 18.2 Å². The van der Waals surface area contributed by atoms with Gasteiger partial charge in [-0.05, 0) is 42.0 Å². The summed E-state index contributed by atoms with van der Waals surface area (Å²) in [5.41, 5.74) is 4.94. The fraction of sp³-hybridized carbons (Fsp3) is 0.409. The van der Waals surface area contributed by atoms with E-state index >= 15 is 0 Å². The van der Waals surface area contributed by atoms with E-state index in [-0.39, 0.29) is 12.6 Å². The van der Waals surface area contributed by atoms with Crippen LogP contribution in [0, 0.1) is 0 Å². The third-order valence-corrected chi connectivity index (χ3v) is 5.52. The average Bonchev–Trinajstić information content (AvgIpc) is 2.71. The van der Waals surface area contributed by atoms with Gasteiger partial charge in [-0.2, -0.15) is 0 Å². The van der Waals surface area contributed by atoms with Crippen LogP contribution in [0.25, 0.3) is 0 Å². The number of rotatable bonds is 4. The summed E-state index contributed by atoms with van der Waals surface area (Å²) < 4.78 is 0. The highest BCUT2D eigenvalue weighted by Gasteiger charge is 2.23. The number of hydrogen-bond acceptors (Lipinski definition) is 3. The van der Waals surface area contributed by atoms with Crippen LogP contribution in [0.4, 0.5) is 10.5 Å². The largest absolute Gasteiger partial charge is 0.390 e. The van der Waals surface area contributed by atoms with Crippen molar-refractivity contribution >= 4 is 11.7 Å². The van der Waals surface area contributed by atoms with E-state index in [1.165, 1.54) is 16.7 Å². The SMILES string of the molecule is O=C(NCC(O)CN1CCc2ccccc2C1)N1CCCc2ccccc21. The van der Waals surface area contributed by atoms with Crippen LogP contribution in [-0.2, 0) is 19.4 Å². The molecule has 142 valence electrons. The molecule has 2 aromatic rings. The van der Waals surface area contributed by atoms with Crippen molar-refractivity contribution in [2.75, 3.05) is 31.1 Å². The molecule has 5 heteroatoms. The van der Waals surface area contributed by atoms with E-state index in [2.05, 4.69) is 40.5 Å². The zero-order valence-corrected chi connectivity index (χ0v) is 15.6. The van der Waals surface area contributed by atoms with E-state index in [1.54, 1.807) is 4.90 Å². The Kier molecular flexibility index (Phi) is 5.41. The molecule has 1 unspecified atom stereocenters. The summed E-state index contributed by atoms with van der Waals surface area (Å²) in [4.78, 5) is 16.7. The number of anilines is 1. The minimum Gasteiger partial charge on any atom is -0.390 e. The molecule has 2 aromatic carbocycles. The van der Waals surface area contributed by atoms with Crippen molar-refractivity contribution in [3.8, 4) is 0 Å². The van der Waals surface area contributed by atoms with Gasteiger partial charge >= 0.3 is 6.03 Å². The monoisotopic (exact) mass is 365 g/mol. The zero-order chi connectivity index (χ0) is 18.6. The summed E-state index contributed by atoms with van der Waals surface area (Å²) in [6.07, 6.45) is 2.43. The van der Waals surface area contributed by atoms with E-state index in [0.717, 1.165) is 44.6 Å². The van der Waals surface area contributed by atoms with Gasteiger partial charge in [-0.3, -0.25) is 9.80 Å². The minimum atomic E-state index is -0.570. The van der Waals surface area contributed by atoms with Crippen LogP contribution < -0.4 is 10.2 Å². The Morgan fingerprint density at radius 2 is 1.74 bits per heavy atom. The molecule has 2 aliphatic rings. The Morgan fingerprint density at radius 1 is 1.00 bits per heavy atom. The molecular formula is C22H27N3O2. The molecule has 0 bridgehead atoms. The fourth-order valence-corrected chi connectivity index (χ4v) is 4.12. The molecule has 0 fully saturated rings. The molecule has 0 spiro atoms. The number of carbonyl (C=O) groups excluding carboxylic acids is 1. The van der Waals surface area contributed by atoms with Crippen LogP contribution in [0.5, 0.6) is 0 Å². The number of carbonyl (C=O) groups is 1. The van der Waals surface area contributed by atoms with Crippen LogP contribution in [-0.4, -0.2) is 48.3 Å². The van der Waals surface area contributed by atoms with Gasteiger partial charge in [0.05, 0.1) is 6.10 Å². The smallest absolute Gasteiger partial charge is 0.321 e. The molecule has 0 radical (unpaired) electrons. The highest BCUT2D eigenvalue weighted by molar-refractivity contribution is 5.93. The molecule has 2 aliphatic heterocycles. The second kappa shape index (κ2) is 8.11. The van der Waals surface area contributed by atoms with Gasteiger partial charge in [0.1, 0.15) is 0 Å². The number of nitrogens with one attached hydrogen (secondary N) is 1. The number of aryl methyl sites for hydroxylation is 1. The lowest BCUT2D eigenvalue weighted by atomic mass is 10.00. The molecule has 2 amide bonds. The topological polar surface area (TPSA) is 55.8 Å². The van der Waals surface area contributed by atoms with Crippen molar-refractivity contribution in [3.05, 3.63) is 65.2 Å². The van der Waals surface area contributed by atoms with Gasteiger partial charge in [0.15, 0.2) is 0 Å². The number of hydrogen-bond donors (Lipinski definition) is 2. The van der Waals surface area contributed by atoms with Crippen LogP contribution in [0.3, 0.4) is 0 Å². The van der Waals surface area contributed by atoms with Crippen LogP contribution in [0.1, 0.15) is 23.1 Å². The number of fused-ring (bicyclic) bond motifs is 2. The fourth-order valence-electron chi connectivity index (χ4n) is 4.12. The number of benzene rings is 2. The standard InChI is InChI=1S/C22H27N3O2/c26-20(16-24-13-11-17-6-1-2-8-19(17)15-24)14-23-22(27)25-12-5-9-18-7-3-4-10-21(18)25/h1-4,6-8,10,20,26H,5,9,11-16H2,(H,23,27). The summed E-state index contributed by atoms with van der Waals surface area (Å²) >= 11 is 0. The molecular weight excluding hydrogens is 338 g/mol. The molecule has 1 atom stereocenters. The Morgan fingerprint density at radius 3 is 2.59 bits per heavy atom. The van der Waals surface area contributed by atoms with Crippen molar-refractivity contribution in [1.29, 1.82) is 0 Å². The van der Waals surface area contributed by atoms with Crippen molar-refractivity contribution in [3.63, 3.8) is 0 Å². The number of β-amino-alcohol motifs (C(OH)–C–C–N with tert-alkyl or cyclic N) is 1. The molecule has 4 rings (SSSR count). The summed E-state index contributed by atoms with van der Waals surface area (Å²) in [6.45, 7) is 3.38. The van der Waals surface area contributed by atoms with Gasteiger partial charge in [-0.25, -0.2) is 4.79 Å². The van der Waals surface area contributed by atoms with Crippen molar-refractivity contribution < 1.29 is 9.90 Å². The quantitative estimate of drug-likeness (QED) is 0.876. The first-order valence-corrected chi connectivity index (χ1v) is 9.81. The molecule has 0 saturated carbocycles. The normalized spacial score (nSPS) is 17.7. The molecule has 0 aromatic heterocycles. The highest BCUT2D eigenvalue weighted by atomic mass is 16.3. The van der Waals surface area contributed by atoms with E-state index in [0.29, 0.717) is 6.54 Å². The molecule has 5 nitrogen and oxygen atoms in total. The van der Waals surface area contributed by atoms with E-state index in [9.17, 15) is 9.90 Å². The Balaban J connectivity index is 1.29. The lowest BCUT2D eigenvalue weighted by molar-refractivity contribution is 0.106. The average molecular weight is 365 g/mol. The van der Waals surface area contributed by atoms with Crippen LogP contribution in [0.2, 0.25) is 0 Å². The maximum atomic E-state index is 12.6. The molecule has 2 N–H and O–H groups in total. The number of nitrogens with zero attached hydrogens (tertiary/aromatic N) is 2. The van der Waals surface area contributed by atoms with Gasteiger partial charge < -0.3 is 10.4 Å². The second-order valence-electron chi connectivity index (χ2n) is 7.48. The molecule has 2 heterocycles. The maximum absolute atomic E-state index is 12.6. The maximum Gasteiger partial charge on any atom is 0.321 e. The van der Waals surface area contributed by atoms with Gasteiger partial charge in [-0.1, -0.05) is 42.5 Å². The summed E-state index contributed by atoms with van der Waals surface area (Å²) in [7, 11) is 0. The summed E-state index contributed by atoms with van der Waals surface area (Å²) in [6, 6.07) is 16.4. The third-order valence-electron chi connectivity index (χ3n) is 5.52. The number of aliphatic hydroxyl groups excluding tert-OH is 1. The number of aliphatic hydroxyl groups is 1. The van der Waals surface area contributed by atoms with E-state index < -0.39 is 6.10 Å². The first-order chi connectivity index (χ1) is 13.2. The lowest BCUT2D eigenvalue weighted by Crippen LogP contribution is -2.47. The van der Waals surface area contributed by atoms with Crippen molar-refractivity contribution in [1.82, 2.24) is 10.2 Å². The van der Waals surface area contributed by atoms with Crippen molar-refractivity contribution in [2.24, 2.45) is 0 Å². The number of para-hydroxylation sites is 1. The lowest BCUT2D eigenvalue weighted by Gasteiger charge is -2.31.